The highest BCUT2D eigenvalue weighted by Crippen LogP contribution is 2.28. The maximum Gasteiger partial charge on any atom is 0.573 e. The SMILES string of the molecule is CCOC(=O)Cc1ccc(C)cc1OC(F)(F)F. The van der Waals surface area contributed by atoms with E-state index >= 15 is 0 Å². The highest BCUT2D eigenvalue weighted by Gasteiger charge is 2.32. The third-order valence-corrected chi connectivity index (χ3v) is 2.09. The highest BCUT2D eigenvalue weighted by atomic mass is 19.4. The summed E-state index contributed by atoms with van der Waals surface area (Å²) < 4.78 is 45.2. The van der Waals surface area contributed by atoms with Gasteiger partial charge < -0.3 is 9.47 Å². The minimum absolute atomic E-state index is 0.149. The molecule has 0 N–H and O–H groups in total. The lowest BCUT2D eigenvalue weighted by molar-refractivity contribution is -0.275. The van der Waals surface area contributed by atoms with E-state index in [0.29, 0.717) is 5.56 Å². The van der Waals surface area contributed by atoms with Crippen LogP contribution >= 0.6 is 0 Å². The van der Waals surface area contributed by atoms with Crippen LogP contribution < -0.4 is 4.74 Å². The fourth-order valence-electron chi connectivity index (χ4n) is 1.40. The largest absolute Gasteiger partial charge is 0.573 e. The highest BCUT2D eigenvalue weighted by molar-refractivity contribution is 5.73. The van der Waals surface area contributed by atoms with Crippen LogP contribution in [0.15, 0.2) is 18.2 Å². The maximum absolute atomic E-state index is 12.2. The standard InChI is InChI=1S/C12H13F3O3/c1-3-17-11(16)7-9-5-4-8(2)6-10(9)18-12(13,14)15/h4-6H,3,7H2,1-2H3. The molecule has 3 nitrogen and oxygen atoms in total. The zero-order chi connectivity index (χ0) is 13.8. The summed E-state index contributed by atoms with van der Waals surface area (Å²) in [5.74, 6) is -0.955. The van der Waals surface area contributed by atoms with Crippen molar-refractivity contribution in [3.05, 3.63) is 29.3 Å². The first kappa shape index (κ1) is 14.3. The van der Waals surface area contributed by atoms with Crippen molar-refractivity contribution in [2.45, 2.75) is 26.6 Å². The van der Waals surface area contributed by atoms with Crippen molar-refractivity contribution < 1.29 is 27.4 Å². The van der Waals surface area contributed by atoms with Crippen LogP contribution in [0.4, 0.5) is 13.2 Å². The van der Waals surface area contributed by atoms with Crippen molar-refractivity contribution in [1.82, 2.24) is 0 Å². The van der Waals surface area contributed by atoms with Crippen molar-refractivity contribution in [3.63, 3.8) is 0 Å². The molecule has 0 heterocycles. The smallest absolute Gasteiger partial charge is 0.466 e. The summed E-state index contributed by atoms with van der Waals surface area (Å²) in [5, 5.41) is 0. The van der Waals surface area contributed by atoms with Crippen LogP contribution in [0.25, 0.3) is 0 Å². The van der Waals surface area contributed by atoms with E-state index in [0.717, 1.165) is 0 Å². The lowest BCUT2D eigenvalue weighted by atomic mass is 10.1. The first-order valence-electron chi connectivity index (χ1n) is 5.32. The second kappa shape index (κ2) is 5.75. The van der Waals surface area contributed by atoms with Crippen molar-refractivity contribution in [2.75, 3.05) is 6.61 Å². The summed E-state index contributed by atoms with van der Waals surface area (Å²) in [4.78, 5) is 11.3. The van der Waals surface area contributed by atoms with Crippen LogP contribution in [0.3, 0.4) is 0 Å². The topological polar surface area (TPSA) is 35.5 Å². The Labute approximate surface area is 103 Å². The first-order chi connectivity index (χ1) is 8.31. The Kier molecular flexibility index (Phi) is 4.58. The van der Waals surface area contributed by atoms with Gasteiger partial charge in [0.15, 0.2) is 0 Å². The van der Waals surface area contributed by atoms with Crippen molar-refractivity contribution in [3.8, 4) is 5.75 Å². The lowest BCUT2D eigenvalue weighted by Crippen LogP contribution is -2.19. The zero-order valence-electron chi connectivity index (χ0n) is 10.0. The summed E-state index contributed by atoms with van der Waals surface area (Å²) in [6.07, 6.45) is -5.03. The molecule has 0 bridgehead atoms. The number of carbonyl (C=O) groups excluding carboxylic acids is 1. The summed E-state index contributed by atoms with van der Waals surface area (Å²) in [5.41, 5.74) is 0.762. The Hall–Kier alpha value is -1.72. The van der Waals surface area contributed by atoms with Gasteiger partial charge in [-0.15, -0.1) is 13.2 Å². The van der Waals surface area contributed by atoms with Gasteiger partial charge in [0, 0.05) is 5.56 Å². The average molecular weight is 262 g/mol. The molecule has 0 aromatic heterocycles. The quantitative estimate of drug-likeness (QED) is 0.782. The Morgan fingerprint density at radius 1 is 1.33 bits per heavy atom. The van der Waals surface area contributed by atoms with E-state index in [2.05, 4.69) is 9.47 Å². The molecule has 0 saturated heterocycles. The minimum Gasteiger partial charge on any atom is -0.466 e. The normalized spacial score (nSPS) is 11.2. The summed E-state index contributed by atoms with van der Waals surface area (Å²) in [7, 11) is 0. The fourth-order valence-corrected chi connectivity index (χ4v) is 1.40. The van der Waals surface area contributed by atoms with Crippen molar-refractivity contribution in [2.24, 2.45) is 0 Å². The van der Waals surface area contributed by atoms with Crippen LogP contribution in [-0.4, -0.2) is 18.9 Å². The number of ether oxygens (including phenoxy) is 2. The zero-order valence-corrected chi connectivity index (χ0v) is 10.0. The van der Waals surface area contributed by atoms with Crippen molar-refractivity contribution in [1.29, 1.82) is 0 Å². The molecule has 0 unspecified atom stereocenters. The second-order valence-corrected chi connectivity index (χ2v) is 3.64. The summed E-state index contributed by atoms with van der Waals surface area (Å²) >= 11 is 0. The number of rotatable bonds is 4. The molecule has 0 fully saturated rings. The summed E-state index contributed by atoms with van der Waals surface area (Å²) in [6, 6.07) is 4.27. The van der Waals surface area contributed by atoms with E-state index in [1.165, 1.54) is 12.1 Å². The molecule has 0 aliphatic carbocycles. The molecule has 18 heavy (non-hydrogen) atoms. The molecule has 0 aliphatic heterocycles. The number of carbonyl (C=O) groups is 1. The van der Waals surface area contributed by atoms with Gasteiger partial charge in [-0.1, -0.05) is 12.1 Å². The van der Waals surface area contributed by atoms with E-state index in [4.69, 9.17) is 0 Å². The Morgan fingerprint density at radius 3 is 2.56 bits per heavy atom. The van der Waals surface area contributed by atoms with Gasteiger partial charge in [0.2, 0.25) is 0 Å². The average Bonchev–Trinajstić information content (AvgIpc) is 2.20. The predicted octanol–water partition coefficient (Wildman–Crippen LogP) is 3.00. The van der Waals surface area contributed by atoms with Gasteiger partial charge in [-0.25, -0.2) is 0 Å². The predicted molar refractivity (Wildman–Crippen MR) is 58.2 cm³/mol. The van der Waals surface area contributed by atoms with E-state index in [-0.39, 0.29) is 24.3 Å². The monoisotopic (exact) mass is 262 g/mol. The number of hydrogen-bond acceptors (Lipinski definition) is 3. The van der Waals surface area contributed by atoms with Crippen LogP contribution in [-0.2, 0) is 16.0 Å². The fraction of sp³-hybridized carbons (Fsp3) is 0.417. The third-order valence-electron chi connectivity index (χ3n) is 2.09. The summed E-state index contributed by atoms with van der Waals surface area (Å²) in [6.45, 7) is 3.44. The molecule has 0 spiro atoms. The van der Waals surface area contributed by atoms with Gasteiger partial charge in [-0.2, -0.15) is 0 Å². The van der Waals surface area contributed by atoms with Gasteiger partial charge in [0.1, 0.15) is 5.75 Å². The number of benzene rings is 1. The molecule has 100 valence electrons. The van der Waals surface area contributed by atoms with Crippen LogP contribution in [0.2, 0.25) is 0 Å². The van der Waals surface area contributed by atoms with E-state index < -0.39 is 12.3 Å². The number of hydrogen-bond donors (Lipinski definition) is 0. The molecule has 0 radical (unpaired) electrons. The van der Waals surface area contributed by atoms with Gasteiger partial charge in [-0.05, 0) is 25.5 Å². The molecular weight excluding hydrogens is 249 g/mol. The van der Waals surface area contributed by atoms with Gasteiger partial charge in [0.05, 0.1) is 13.0 Å². The van der Waals surface area contributed by atoms with Crippen LogP contribution in [0.1, 0.15) is 18.1 Å². The van der Waals surface area contributed by atoms with E-state index in [9.17, 15) is 18.0 Å². The number of halogens is 3. The Balaban J connectivity index is 2.93. The van der Waals surface area contributed by atoms with Crippen LogP contribution in [0, 0.1) is 6.92 Å². The molecule has 0 aliphatic rings. The molecule has 0 atom stereocenters. The van der Waals surface area contributed by atoms with Gasteiger partial charge in [0.25, 0.3) is 0 Å². The second-order valence-electron chi connectivity index (χ2n) is 3.64. The molecule has 1 rings (SSSR count). The van der Waals surface area contributed by atoms with E-state index in [1.54, 1.807) is 19.9 Å². The number of alkyl halides is 3. The van der Waals surface area contributed by atoms with Gasteiger partial charge >= 0.3 is 12.3 Å². The van der Waals surface area contributed by atoms with Gasteiger partial charge in [-0.3, -0.25) is 4.79 Å². The molecule has 6 heteroatoms. The van der Waals surface area contributed by atoms with Crippen molar-refractivity contribution >= 4 is 5.97 Å². The number of aryl methyl sites for hydroxylation is 1. The van der Waals surface area contributed by atoms with Crippen LogP contribution in [0.5, 0.6) is 5.75 Å². The number of esters is 1. The minimum atomic E-state index is -4.78. The molecule has 1 aromatic carbocycles. The molecular formula is C12H13F3O3. The first-order valence-corrected chi connectivity index (χ1v) is 5.32. The third kappa shape index (κ3) is 4.65. The molecule has 1 aromatic rings. The molecule has 0 amide bonds. The Morgan fingerprint density at radius 2 is 2.00 bits per heavy atom. The van der Waals surface area contributed by atoms with E-state index in [1.807, 2.05) is 0 Å². The lowest BCUT2D eigenvalue weighted by Gasteiger charge is -2.13. The Bertz CT molecular complexity index is 427. The maximum atomic E-state index is 12.2. The molecule has 0 saturated carbocycles.